The van der Waals surface area contributed by atoms with Crippen LogP contribution < -0.4 is 15.0 Å². The molecule has 0 saturated carbocycles. The molecule has 1 atom stereocenters. The van der Waals surface area contributed by atoms with E-state index in [4.69, 9.17) is 4.74 Å². The van der Waals surface area contributed by atoms with Gasteiger partial charge in [-0.1, -0.05) is 6.07 Å². The number of benzene rings is 1. The first-order valence-corrected chi connectivity index (χ1v) is 8.12. The van der Waals surface area contributed by atoms with Crippen molar-refractivity contribution >= 4 is 17.5 Å². The molecule has 138 valence electrons. The van der Waals surface area contributed by atoms with E-state index in [0.29, 0.717) is 25.3 Å². The van der Waals surface area contributed by atoms with E-state index in [9.17, 15) is 13.6 Å². The number of halogens is 2. The van der Waals surface area contributed by atoms with E-state index in [1.807, 2.05) is 0 Å². The molecule has 1 aliphatic heterocycles. The normalized spacial score (nSPS) is 16.5. The maximum atomic E-state index is 13.9. The van der Waals surface area contributed by atoms with Crippen molar-refractivity contribution in [3.8, 4) is 5.88 Å². The third-order valence-electron chi connectivity index (χ3n) is 4.25. The van der Waals surface area contributed by atoms with Gasteiger partial charge < -0.3 is 19.7 Å². The van der Waals surface area contributed by atoms with Crippen LogP contribution in [-0.4, -0.2) is 44.3 Å². The second kappa shape index (κ2) is 7.55. The topological polar surface area (TPSA) is 63.7 Å². The molecule has 1 fully saturated rings. The van der Waals surface area contributed by atoms with Gasteiger partial charge in [0.25, 0.3) is 0 Å². The van der Waals surface area contributed by atoms with Crippen molar-refractivity contribution in [3.05, 3.63) is 47.5 Å². The number of aromatic nitrogens is 1. The van der Waals surface area contributed by atoms with Gasteiger partial charge in [-0.3, -0.25) is 0 Å². The number of hydrogen-bond acceptors (Lipinski definition) is 6. The second-order valence-electron chi connectivity index (χ2n) is 5.89. The first kappa shape index (κ1) is 17.9. The molecule has 1 N–H and O–H groups in total. The summed E-state index contributed by atoms with van der Waals surface area (Å²) in [5.41, 5.74) is 0.213. The molecule has 0 spiro atoms. The average molecular weight is 363 g/mol. The number of carbonyl (C=O) groups is 1. The molecule has 8 heteroatoms. The fourth-order valence-electron chi connectivity index (χ4n) is 3.02. The molecule has 1 aromatic carbocycles. The van der Waals surface area contributed by atoms with Crippen molar-refractivity contribution in [1.29, 1.82) is 0 Å². The molecule has 3 rings (SSSR count). The van der Waals surface area contributed by atoms with E-state index in [1.165, 1.54) is 32.4 Å². The van der Waals surface area contributed by atoms with Crippen LogP contribution >= 0.6 is 0 Å². The lowest BCUT2D eigenvalue weighted by atomic mass is 10.2. The molecule has 6 nitrogen and oxygen atoms in total. The first-order chi connectivity index (χ1) is 12.5. The Hall–Kier alpha value is -2.90. The number of nitrogens with one attached hydrogen (secondary N) is 1. The van der Waals surface area contributed by atoms with Crippen LogP contribution in [0.5, 0.6) is 5.88 Å². The van der Waals surface area contributed by atoms with Crippen molar-refractivity contribution in [2.45, 2.75) is 12.5 Å². The Balaban J connectivity index is 1.72. The highest BCUT2D eigenvalue weighted by atomic mass is 19.1. The summed E-state index contributed by atoms with van der Waals surface area (Å²) in [6.45, 7) is 0.952. The fourth-order valence-corrected chi connectivity index (χ4v) is 3.02. The maximum Gasteiger partial charge on any atom is 0.343 e. The molecule has 0 aliphatic carbocycles. The molecule has 1 unspecified atom stereocenters. The standard InChI is InChI=1S/C18H19F2N3O3/c1-25-17-12(18(24)26-2)6-7-15(22-17)21-11-8-9-23(10-11)16-13(19)4-3-5-14(16)20/h3-7,11H,8-10H2,1-2H3,(H,21,22). The van der Waals surface area contributed by atoms with Crippen LogP contribution in [0.3, 0.4) is 0 Å². The Morgan fingerprint density at radius 2 is 1.96 bits per heavy atom. The van der Waals surface area contributed by atoms with E-state index in [0.717, 1.165) is 0 Å². The lowest BCUT2D eigenvalue weighted by molar-refractivity contribution is 0.0596. The summed E-state index contributed by atoms with van der Waals surface area (Å²) >= 11 is 0. The van der Waals surface area contributed by atoms with E-state index in [-0.39, 0.29) is 23.2 Å². The largest absolute Gasteiger partial charge is 0.480 e. The Morgan fingerprint density at radius 3 is 2.62 bits per heavy atom. The second-order valence-corrected chi connectivity index (χ2v) is 5.89. The van der Waals surface area contributed by atoms with Crippen LogP contribution in [0.4, 0.5) is 20.3 Å². The van der Waals surface area contributed by atoms with Gasteiger partial charge in [0, 0.05) is 19.1 Å². The summed E-state index contributed by atoms with van der Waals surface area (Å²) in [7, 11) is 2.69. The minimum absolute atomic E-state index is 0.0108. The zero-order chi connectivity index (χ0) is 18.7. The summed E-state index contributed by atoms with van der Waals surface area (Å²) in [6.07, 6.45) is 0.691. The van der Waals surface area contributed by atoms with Gasteiger partial charge >= 0.3 is 5.97 Å². The number of anilines is 2. The van der Waals surface area contributed by atoms with Crippen molar-refractivity contribution in [2.75, 3.05) is 37.5 Å². The van der Waals surface area contributed by atoms with E-state index >= 15 is 0 Å². The molecule has 1 aromatic heterocycles. The Labute approximate surface area is 149 Å². The van der Waals surface area contributed by atoms with Crippen molar-refractivity contribution in [3.63, 3.8) is 0 Å². The molecule has 0 radical (unpaired) electrons. The van der Waals surface area contributed by atoms with E-state index < -0.39 is 17.6 Å². The van der Waals surface area contributed by atoms with E-state index in [1.54, 1.807) is 17.0 Å². The highest BCUT2D eigenvalue weighted by Crippen LogP contribution is 2.28. The molecular formula is C18H19F2N3O3. The smallest absolute Gasteiger partial charge is 0.343 e. The molecule has 0 bridgehead atoms. The van der Waals surface area contributed by atoms with Gasteiger partial charge in [-0.2, -0.15) is 4.98 Å². The van der Waals surface area contributed by atoms with Crippen LogP contribution in [0, 0.1) is 11.6 Å². The Bertz CT molecular complexity index is 796. The monoisotopic (exact) mass is 363 g/mol. The SMILES string of the molecule is COC(=O)c1ccc(NC2CCN(c3c(F)cccc3F)C2)nc1OC. The maximum absolute atomic E-state index is 13.9. The van der Waals surface area contributed by atoms with Gasteiger partial charge in [0.05, 0.1) is 14.2 Å². The van der Waals surface area contributed by atoms with Crippen molar-refractivity contribution in [2.24, 2.45) is 0 Å². The molecule has 2 aromatic rings. The average Bonchev–Trinajstić information content (AvgIpc) is 3.08. The third-order valence-corrected chi connectivity index (χ3v) is 4.25. The number of pyridine rings is 1. The quantitative estimate of drug-likeness (QED) is 0.825. The van der Waals surface area contributed by atoms with Gasteiger partial charge in [0.15, 0.2) is 0 Å². The predicted molar refractivity (Wildman–Crippen MR) is 92.7 cm³/mol. The molecule has 1 aliphatic rings. The van der Waals surface area contributed by atoms with Crippen molar-refractivity contribution < 1.29 is 23.0 Å². The number of esters is 1. The van der Waals surface area contributed by atoms with Crippen LogP contribution in [-0.2, 0) is 4.74 Å². The van der Waals surface area contributed by atoms with E-state index in [2.05, 4.69) is 15.0 Å². The highest BCUT2D eigenvalue weighted by molar-refractivity contribution is 5.92. The van der Waals surface area contributed by atoms with Crippen LogP contribution in [0.2, 0.25) is 0 Å². The van der Waals surface area contributed by atoms with Gasteiger partial charge in [-0.15, -0.1) is 0 Å². The molecule has 26 heavy (non-hydrogen) atoms. The Morgan fingerprint density at radius 1 is 1.23 bits per heavy atom. The predicted octanol–water partition coefficient (Wildman–Crippen LogP) is 2.85. The summed E-state index contributed by atoms with van der Waals surface area (Å²) in [6, 6.07) is 6.99. The molecule has 0 amide bonds. The molecule has 2 heterocycles. The number of rotatable bonds is 5. The summed E-state index contributed by atoms with van der Waals surface area (Å²) in [5, 5.41) is 3.21. The highest BCUT2D eigenvalue weighted by Gasteiger charge is 2.27. The van der Waals surface area contributed by atoms with Gasteiger partial charge in [0.1, 0.15) is 28.7 Å². The number of para-hydroxylation sites is 1. The van der Waals surface area contributed by atoms with Gasteiger partial charge in [0.2, 0.25) is 5.88 Å². The Kier molecular flexibility index (Phi) is 5.20. The number of hydrogen-bond donors (Lipinski definition) is 1. The summed E-state index contributed by atoms with van der Waals surface area (Å²) < 4.78 is 37.7. The van der Waals surface area contributed by atoms with Gasteiger partial charge in [-0.05, 0) is 30.7 Å². The zero-order valence-corrected chi connectivity index (χ0v) is 14.5. The van der Waals surface area contributed by atoms with Crippen LogP contribution in [0.1, 0.15) is 16.8 Å². The fraction of sp³-hybridized carbons (Fsp3) is 0.333. The number of ether oxygens (including phenoxy) is 2. The third kappa shape index (κ3) is 3.54. The van der Waals surface area contributed by atoms with Crippen molar-refractivity contribution in [1.82, 2.24) is 4.98 Å². The summed E-state index contributed by atoms with van der Waals surface area (Å²) in [4.78, 5) is 17.6. The lowest BCUT2D eigenvalue weighted by Crippen LogP contribution is -2.27. The van der Waals surface area contributed by atoms with Crippen LogP contribution in [0.15, 0.2) is 30.3 Å². The van der Waals surface area contributed by atoms with Gasteiger partial charge in [-0.25, -0.2) is 13.6 Å². The zero-order valence-electron chi connectivity index (χ0n) is 14.5. The first-order valence-electron chi connectivity index (χ1n) is 8.12. The number of methoxy groups -OCH3 is 2. The summed E-state index contributed by atoms with van der Waals surface area (Å²) in [5.74, 6) is -1.03. The number of carbonyl (C=O) groups excluding carboxylic acids is 1. The lowest BCUT2D eigenvalue weighted by Gasteiger charge is -2.20. The molecule has 1 saturated heterocycles. The minimum Gasteiger partial charge on any atom is -0.480 e. The molecular weight excluding hydrogens is 344 g/mol. The minimum atomic E-state index is -0.576. The number of nitrogens with zero attached hydrogens (tertiary/aromatic N) is 2. The van der Waals surface area contributed by atoms with Crippen LogP contribution in [0.25, 0.3) is 0 Å².